The number of hydrogen-bond donors (Lipinski definition) is 1. The number of hydrogen-bond acceptors (Lipinski definition) is 5. The summed E-state index contributed by atoms with van der Waals surface area (Å²) in [5.41, 5.74) is 10.1. The van der Waals surface area contributed by atoms with E-state index >= 15 is 4.39 Å². The number of ether oxygens (including phenoxy) is 1. The molecule has 0 bridgehead atoms. The van der Waals surface area contributed by atoms with Crippen LogP contribution in [0.25, 0.3) is 33.3 Å². The minimum Gasteiger partial charge on any atom is -0.489 e. The van der Waals surface area contributed by atoms with Crippen molar-refractivity contribution >= 4 is 16.7 Å². The first kappa shape index (κ1) is 21.5. The number of nitriles is 1. The van der Waals surface area contributed by atoms with E-state index in [-0.39, 0.29) is 22.8 Å². The first-order chi connectivity index (χ1) is 16.4. The van der Waals surface area contributed by atoms with Gasteiger partial charge in [0.15, 0.2) is 0 Å². The average Bonchev–Trinajstić information content (AvgIpc) is 3.54. The van der Waals surface area contributed by atoms with Crippen molar-refractivity contribution in [1.29, 1.82) is 5.26 Å². The number of anilines is 1. The molecule has 2 N–H and O–H groups in total. The second-order valence-electron chi connectivity index (χ2n) is 8.42. The Hall–Kier alpha value is -4.36. The highest BCUT2D eigenvalue weighted by molar-refractivity contribution is 5.92. The molecule has 7 heteroatoms. The molecule has 6 nitrogen and oxygen atoms in total. The van der Waals surface area contributed by atoms with Gasteiger partial charge >= 0.3 is 0 Å². The third kappa shape index (κ3) is 3.62. The fourth-order valence-corrected chi connectivity index (χ4v) is 4.19. The van der Waals surface area contributed by atoms with E-state index in [1.165, 1.54) is 6.07 Å². The van der Waals surface area contributed by atoms with Gasteiger partial charge in [0.1, 0.15) is 29.0 Å². The van der Waals surface area contributed by atoms with Gasteiger partial charge in [0, 0.05) is 24.1 Å². The van der Waals surface area contributed by atoms with Crippen molar-refractivity contribution in [2.75, 3.05) is 5.73 Å². The van der Waals surface area contributed by atoms with Crippen molar-refractivity contribution in [1.82, 2.24) is 14.8 Å². The molecule has 168 valence electrons. The molecule has 2 aromatic heterocycles. The number of aryl methyl sites for hydroxylation is 2. The molecule has 0 amide bonds. The highest BCUT2D eigenvalue weighted by atomic mass is 19.1. The number of halogens is 1. The fraction of sp³-hybridized carbons (Fsp3) is 0.222. The molecule has 0 saturated heterocycles. The highest BCUT2D eigenvalue weighted by Gasteiger charge is 2.29. The Balaban J connectivity index is 1.77. The van der Waals surface area contributed by atoms with Crippen LogP contribution in [0, 0.1) is 35.9 Å². The van der Waals surface area contributed by atoms with E-state index in [0.717, 1.165) is 34.9 Å². The molecule has 34 heavy (non-hydrogen) atoms. The van der Waals surface area contributed by atoms with Gasteiger partial charge in [-0.05, 0) is 49.9 Å². The van der Waals surface area contributed by atoms with Gasteiger partial charge in [-0.3, -0.25) is 4.68 Å². The van der Waals surface area contributed by atoms with Gasteiger partial charge in [-0.25, -0.2) is 9.37 Å². The summed E-state index contributed by atoms with van der Waals surface area (Å²) in [5, 5.41) is 15.4. The van der Waals surface area contributed by atoms with Gasteiger partial charge in [0.25, 0.3) is 0 Å². The number of benzene rings is 2. The van der Waals surface area contributed by atoms with Crippen LogP contribution in [0.3, 0.4) is 0 Å². The predicted octanol–water partition coefficient (Wildman–Crippen LogP) is 5.12. The van der Waals surface area contributed by atoms with E-state index in [2.05, 4.69) is 28.0 Å². The average molecular weight is 452 g/mol. The van der Waals surface area contributed by atoms with Gasteiger partial charge < -0.3 is 10.5 Å². The van der Waals surface area contributed by atoms with Crippen LogP contribution in [0.5, 0.6) is 5.75 Å². The molecule has 0 aliphatic heterocycles. The van der Waals surface area contributed by atoms with E-state index in [1.807, 2.05) is 31.2 Å². The molecule has 0 radical (unpaired) electrons. The third-order valence-corrected chi connectivity index (χ3v) is 5.94. The molecule has 1 saturated carbocycles. The van der Waals surface area contributed by atoms with Crippen LogP contribution in [-0.2, 0) is 7.05 Å². The molecule has 5 rings (SSSR count). The summed E-state index contributed by atoms with van der Waals surface area (Å²) in [6, 6.07) is 11.3. The molecule has 0 unspecified atom stereocenters. The van der Waals surface area contributed by atoms with Gasteiger partial charge in [0.2, 0.25) is 0 Å². The lowest BCUT2D eigenvalue weighted by Gasteiger charge is -2.15. The lowest BCUT2D eigenvalue weighted by molar-refractivity contribution is 0.302. The molecule has 2 heterocycles. The van der Waals surface area contributed by atoms with Gasteiger partial charge in [-0.15, -0.1) is 5.92 Å². The maximum Gasteiger partial charge on any atom is 0.149 e. The largest absolute Gasteiger partial charge is 0.489 e. The molecular formula is C27H22FN5O. The molecule has 4 aromatic rings. The summed E-state index contributed by atoms with van der Waals surface area (Å²) >= 11 is 0. The minimum absolute atomic E-state index is 0.0408. The fourth-order valence-electron chi connectivity index (χ4n) is 4.19. The van der Waals surface area contributed by atoms with E-state index in [4.69, 9.17) is 10.5 Å². The number of fused-ring (bicyclic) bond motifs is 1. The number of pyridine rings is 1. The molecular weight excluding hydrogens is 429 g/mol. The predicted molar refractivity (Wildman–Crippen MR) is 129 cm³/mol. The van der Waals surface area contributed by atoms with Crippen LogP contribution in [0.4, 0.5) is 10.2 Å². The Morgan fingerprint density at radius 1 is 1.24 bits per heavy atom. The molecule has 1 aliphatic carbocycles. The number of nitrogens with zero attached hydrogens (tertiary/aromatic N) is 4. The number of nitrogens with two attached hydrogens (primary N) is 1. The summed E-state index contributed by atoms with van der Waals surface area (Å²) in [4.78, 5) is 4.46. The number of aromatic nitrogens is 3. The molecule has 0 atom stereocenters. The molecule has 1 aliphatic rings. The maximum atomic E-state index is 15.9. The van der Waals surface area contributed by atoms with Crippen molar-refractivity contribution in [2.24, 2.45) is 7.05 Å². The van der Waals surface area contributed by atoms with E-state index in [9.17, 15) is 5.26 Å². The van der Waals surface area contributed by atoms with Crippen molar-refractivity contribution in [3.8, 4) is 46.0 Å². The standard InChI is InChI=1S/C27H22FN5O/c1-4-5-17-12-23(34-18-7-8-18)20(13-29)25(26(17)28)27-21(14-31-33(27)3)16-6-9-19-15(2)10-24(30)32-22(19)11-16/h6,9-12,14,18H,7-8H2,1-3H3,(H2,30,32). The Labute approximate surface area is 196 Å². The van der Waals surface area contributed by atoms with Crippen molar-refractivity contribution in [2.45, 2.75) is 32.8 Å². The van der Waals surface area contributed by atoms with Crippen LogP contribution in [0.1, 0.15) is 36.5 Å². The van der Waals surface area contributed by atoms with E-state index in [1.54, 1.807) is 24.9 Å². The lowest BCUT2D eigenvalue weighted by Crippen LogP contribution is -2.06. The second-order valence-corrected chi connectivity index (χ2v) is 8.42. The molecule has 1 fully saturated rings. The summed E-state index contributed by atoms with van der Waals surface area (Å²) in [7, 11) is 1.72. The van der Waals surface area contributed by atoms with Crippen LogP contribution in [0.2, 0.25) is 0 Å². The molecule has 0 spiro atoms. The summed E-state index contributed by atoms with van der Waals surface area (Å²) < 4.78 is 23.4. The third-order valence-electron chi connectivity index (χ3n) is 5.94. The Kier molecular flexibility index (Phi) is 5.18. The quantitative estimate of drug-likeness (QED) is 0.435. The normalized spacial score (nSPS) is 12.8. The minimum atomic E-state index is -0.571. The van der Waals surface area contributed by atoms with Crippen molar-refractivity contribution < 1.29 is 9.13 Å². The topological polar surface area (TPSA) is 89.8 Å². The summed E-state index contributed by atoms with van der Waals surface area (Å²) in [6.07, 6.45) is 3.53. The van der Waals surface area contributed by atoms with Crippen molar-refractivity contribution in [3.05, 3.63) is 59.0 Å². The van der Waals surface area contributed by atoms with Crippen LogP contribution >= 0.6 is 0 Å². The van der Waals surface area contributed by atoms with Crippen LogP contribution < -0.4 is 10.5 Å². The van der Waals surface area contributed by atoms with Gasteiger partial charge in [-0.2, -0.15) is 10.4 Å². The first-order valence-corrected chi connectivity index (χ1v) is 11.0. The zero-order valence-electron chi connectivity index (χ0n) is 19.1. The van der Waals surface area contributed by atoms with Crippen LogP contribution in [-0.4, -0.2) is 20.9 Å². The monoisotopic (exact) mass is 451 g/mol. The van der Waals surface area contributed by atoms with E-state index in [0.29, 0.717) is 22.8 Å². The number of nitrogen functional groups attached to an aromatic ring is 1. The molecule has 2 aromatic carbocycles. The van der Waals surface area contributed by atoms with Crippen molar-refractivity contribution in [3.63, 3.8) is 0 Å². The second kappa shape index (κ2) is 8.20. The van der Waals surface area contributed by atoms with Gasteiger partial charge in [-0.1, -0.05) is 18.1 Å². The summed E-state index contributed by atoms with van der Waals surface area (Å²) in [6.45, 7) is 3.62. The number of rotatable bonds is 4. The highest BCUT2D eigenvalue weighted by Crippen LogP contribution is 2.41. The Bertz CT molecular complexity index is 1560. The Morgan fingerprint density at radius 2 is 2.03 bits per heavy atom. The van der Waals surface area contributed by atoms with E-state index < -0.39 is 5.82 Å². The zero-order chi connectivity index (χ0) is 24.0. The lowest BCUT2D eigenvalue weighted by atomic mass is 9.94. The first-order valence-electron chi connectivity index (χ1n) is 11.0. The maximum absolute atomic E-state index is 15.9. The Morgan fingerprint density at radius 3 is 2.74 bits per heavy atom. The zero-order valence-corrected chi connectivity index (χ0v) is 19.1. The van der Waals surface area contributed by atoms with Crippen LogP contribution in [0.15, 0.2) is 36.5 Å². The summed E-state index contributed by atoms with van der Waals surface area (Å²) in [5.74, 6) is 5.76. The van der Waals surface area contributed by atoms with Gasteiger partial charge in [0.05, 0.1) is 34.6 Å². The SMILES string of the molecule is CC#Cc1cc(OC2CC2)c(C#N)c(-c2c(-c3ccc4c(C)cc(N)nc4c3)cnn2C)c1F. The smallest absolute Gasteiger partial charge is 0.149 e.